The summed E-state index contributed by atoms with van der Waals surface area (Å²) in [4.78, 5) is 16.5. The molecule has 0 aliphatic carbocycles. The topological polar surface area (TPSA) is 71.8 Å². The molecule has 0 saturated carbocycles. The zero-order valence-electron chi connectivity index (χ0n) is 14.8. The number of nitrogens with zero attached hydrogens (tertiary/aromatic N) is 3. The highest BCUT2D eigenvalue weighted by Gasteiger charge is 2.46. The Balaban J connectivity index is 1.63. The van der Waals surface area contributed by atoms with Gasteiger partial charge < -0.3 is 10.6 Å². The molecule has 1 aliphatic heterocycles. The van der Waals surface area contributed by atoms with Crippen molar-refractivity contribution in [1.82, 2.24) is 14.8 Å². The fourth-order valence-corrected chi connectivity index (χ4v) is 3.45. The lowest BCUT2D eigenvalue weighted by atomic mass is 9.97. The number of carbonyl (C=O) groups is 1. The van der Waals surface area contributed by atoms with Gasteiger partial charge in [0.05, 0.1) is 6.04 Å². The third kappa shape index (κ3) is 4.12. The van der Waals surface area contributed by atoms with Crippen LogP contribution in [0.4, 0.5) is 24.8 Å². The molecule has 1 amide bonds. The first kappa shape index (κ1) is 19.4. The molecule has 2 aromatic heterocycles. The minimum atomic E-state index is -4.50. The molecule has 0 spiro atoms. The van der Waals surface area contributed by atoms with E-state index in [1.54, 1.807) is 42.5 Å². The Labute approximate surface area is 172 Å². The van der Waals surface area contributed by atoms with E-state index in [4.69, 9.17) is 0 Å². The van der Waals surface area contributed by atoms with Crippen molar-refractivity contribution < 1.29 is 18.0 Å². The SMILES string of the molecule is O=C(Nc1ccc(Br)cn1)c1cc2n(n1)[C@H](C(F)(F)F)C[C@H](c1ccccc1)N2. The Morgan fingerprint density at radius 3 is 2.62 bits per heavy atom. The predicted octanol–water partition coefficient (Wildman–Crippen LogP) is 4.95. The summed E-state index contributed by atoms with van der Waals surface area (Å²) in [7, 11) is 0. The molecular formula is C19H15BrF3N5O. The van der Waals surface area contributed by atoms with E-state index in [0.29, 0.717) is 0 Å². The van der Waals surface area contributed by atoms with Crippen molar-refractivity contribution in [2.24, 2.45) is 0 Å². The summed E-state index contributed by atoms with van der Waals surface area (Å²) >= 11 is 3.24. The van der Waals surface area contributed by atoms with Crippen LogP contribution < -0.4 is 10.6 Å². The molecular weight excluding hydrogens is 451 g/mol. The smallest absolute Gasteiger partial charge is 0.363 e. The molecule has 0 radical (unpaired) electrons. The van der Waals surface area contributed by atoms with Crippen LogP contribution in [0.15, 0.2) is 59.2 Å². The van der Waals surface area contributed by atoms with Crippen LogP contribution in [0, 0.1) is 0 Å². The van der Waals surface area contributed by atoms with Crippen LogP contribution in [0.1, 0.15) is 34.6 Å². The average Bonchev–Trinajstić information content (AvgIpc) is 3.13. The lowest BCUT2D eigenvalue weighted by Gasteiger charge is -2.33. The first-order chi connectivity index (χ1) is 13.8. The summed E-state index contributed by atoms with van der Waals surface area (Å²) in [6.45, 7) is 0. The van der Waals surface area contributed by atoms with Crippen molar-refractivity contribution in [1.29, 1.82) is 0 Å². The van der Waals surface area contributed by atoms with E-state index in [1.165, 1.54) is 12.3 Å². The molecule has 10 heteroatoms. The van der Waals surface area contributed by atoms with Gasteiger partial charge in [-0.3, -0.25) is 4.79 Å². The normalized spacial score (nSPS) is 18.6. The van der Waals surface area contributed by atoms with E-state index in [0.717, 1.165) is 14.7 Å². The number of hydrogen-bond acceptors (Lipinski definition) is 4. The molecule has 0 unspecified atom stereocenters. The van der Waals surface area contributed by atoms with Gasteiger partial charge in [0.15, 0.2) is 11.7 Å². The van der Waals surface area contributed by atoms with E-state index < -0.39 is 24.2 Å². The molecule has 4 rings (SSSR count). The quantitative estimate of drug-likeness (QED) is 0.573. The Hall–Kier alpha value is -2.88. The van der Waals surface area contributed by atoms with Crippen molar-refractivity contribution >= 4 is 33.5 Å². The van der Waals surface area contributed by atoms with Crippen LogP contribution in [0.25, 0.3) is 0 Å². The number of anilines is 2. The van der Waals surface area contributed by atoms with Crippen molar-refractivity contribution in [3.05, 3.63) is 70.5 Å². The minimum Gasteiger partial charge on any atom is -0.363 e. The zero-order valence-corrected chi connectivity index (χ0v) is 16.4. The van der Waals surface area contributed by atoms with Crippen LogP contribution in [-0.2, 0) is 0 Å². The van der Waals surface area contributed by atoms with Gasteiger partial charge in [-0.1, -0.05) is 30.3 Å². The number of fused-ring (bicyclic) bond motifs is 1. The molecule has 29 heavy (non-hydrogen) atoms. The number of rotatable bonds is 3. The molecule has 2 atom stereocenters. The van der Waals surface area contributed by atoms with Gasteiger partial charge in [-0.05, 0) is 33.6 Å². The second kappa shape index (κ2) is 7.51. The number of halogens is 4. The second-order valence-corrected chi connectivity index (χ2v) is 7.49. The van der Waals surface area contributed by atoms with Gasteiger partial charge in [0, 0.05) is 23.2 Å². The summed E-state index contributed by atoms with van der Waals surface area (Å²) in [5, 5.41) is 9.52. The Bertz CT molecular complexity index is 1020. The highest BCUT2D eigenvalue weighted by Crippen LogP contribution is 2.43. The van der Waals surface area contributed by atoms with Gasteiger partial charge in [0.25, 0.3) is 5.91 Å². The Morgan fingerprint density at radius 2 is 1.97 bits per heavy atom. The minimum absolute atomic E-state index is 0.125. The van der Waals surface area contributed by atoms with Gasteiger partial charge in [0.1, 0.15) is 11.6 Å². The van der Waals surface area contributed by atoms with Crippen molar-refractivity contribution in [2.45, 2.75) is 24.7 Å². The first-order valence-corrected chi connectivity index (χ1v) is 9.51. The van der Waals surface area contributed by atoms with Gasteiger partial charge in [-0.25, -0.2) is 9.67 Å². The highest BCUT2D eigenvalue weighted by atomic mass is 79.9. The van der Waals surface area contributed by atoms with Crippen LogP contribution in [0.5, 0.6) is 0 Å². The number of amides is 1. The Morgan fingerprint density at radius 1 is 1.21 bits per heavy atom. The van der Waals surface area contributed by atoms with Crippen molar-refractivity contribution in [3.8, 4) is 0 Å². The zero-order chi connectivity index (χ0) is 20.6. The van der Waals surface area contributed by atoms with E-state index in [2.05, 4.69) is 36.6 Å². The number of carbonyl (C=O) groups excluding carboxylic acids is 1. The molecule has 2 N–H and O–H groups in total. The fraction of sp³-hybridized carbons (Fsp3) is 0.211. The number of nitrogens with one attached hydrogen (secondary N) is 2. The van der Waals surface area contributed by atoms with Crippen LogP contribution in [0.2, 0.25) is 0 Å². The van der Waals surface area contributed by atoms with Gasteiger partial charge in [-0.2, -0.15) is 18.3 Å². The largest absolute Gasteiger partial charge is 0.410 e. The number of alkyl halides is 3. The maximum atomic E-state index is 13.7. The maximum Gasteiger partial charge on any atom is 0.410 e. The number of aromatic nitrogens is 3. The summed E-state index contributed by atoms with van der Waals surface area (Å²) in [5.41, 5.74) is 0.611. The van der Waals surface area contributed by atoms with Crippen molar-refractivity contribution in [3.63, 3.8) is 0 Å². The molecule has 0 fully saturated rings. The molecule has 0 saturated heterocycles. The molecule has 3 heterocycles. The van der Waals surface area contributed by atoms with Gasteiger partial charge >= 0.3 is 6.18 Å². The van der Waals surface area contributed by atoms with Crippen LogP contribution in [0.3, 0.4) is 0 Å². The predicted molar refractivity (Wildman–Crippen MR) is 105 cm³/mol. The van der Waals surface area contributed by atoms with Gasteiger partial charge in [0.2, 0.25) is 0 Å². The first-order valence-electron chi connectivity index (χ1n) is 8.72. The molecule has 1 aromatic carbocycles. The molecule has 3 aromatic rings. The molecule has 150 valence electrons. The lowest BCUT2D eigenvalue weighted by molar-refractivity contribution is -0.173. The Kier molecular flexibility index (Phi) is 5.03. The maximum absolute atomic E-state index is 13.7. The standard InChI is InChI=1S/C19H15BrF3N5O/c20-12-6-7-16(24-10-12)26-18(29)14-9-17-25-13(11-4-2-1-3-5-11)8-15(19(21,22)23)28(17)27-14/h1-7,9-10,13,15,25H,8H2,(H,24,26,29)/t13-,15+/m1/s1. The molecule has 1 aliphatic rings. The van der Waals surface area contributed by atoms with E-state index in [9.17, 15) is 18.0 Å². The number of benzene rings is 1. The van der Waals surface area contributed by atoms with E-state index >= 15 is 0 Å². The molecule has 0 bridgehead atoms. The van der Waals surface area contributed by atoms with E-state index in [-0.39, 0.29) is 23.8 Å². The third-order valence-corrected chi connectivity index (χ3v) is 5.06. The fourth-order valence-electron chi connectivity index (χ4n) is 3.22. The molecule has 6 nitrogen and oxygen atoms in total. The summed E-state index contributed by atoms with van der Waals surface area (Å²) in [6.07, 6.45) is -3.23. The van der Waals surface area contributed by atoms with E-state index in [1.807, 2.05) is 0 Å². The summed E-state index contributed by atoms with van der Waals surface area (Å²) < 4.78 is 42.7. The number of hydrogen-bond donors (Lipinski definition) is 2. The third-order valence-electron chi connectivity index (χ3n) is 4.59. The lowest BCUT2D eigenvalue weighted by Crippen LogP contribution is -2.35. The monoisotopic (exact) mass is 465 g/mol. The highest BCUT2D eigenvalue weighted by molar-refractivity contribution is 9.10. The second-order valence-electron chi connectivity index (χ2n) is 6.58. The average molecular weight is 466 g/mol. The number of pyridine rings is 1. The summed E-state index contributed by atoms with van der Waals surface area (Å²) in [6, 6.07) is 11.1. The van der Waals surface area contributed by atoms with Gasteiger partial charge in [-0.15, -0.1) is 0 Å². The van der Waals surface area contributed by atoms with Crippen LogP contribution >= 0.6 is 15.9 Å². The van der Waals surface area contributed by atoms with Crippen LogP contribution in [-0.4, -0.2) is 26.8 Å². The van der Waals surface area contributed by atoms with Crippen molar-refractivity contribution in [2.75, 3.05) is 10.6 Å². The summed E-state index contributed by atoms with van der Waals surface area (Å²) in [5.74, 6) is -0.228.